The number of halogens is 1. The van der Waals surface area contributed by atoms with Crippen LogP contribution in [0.3, 0.4) is 0 Å². The molecule has 8 nitrogen and oxygen atoms in total. The Morgan fingerprint density at radius 1 is 1.21 bits per heavy atom. The number of hydrogen-bond acceptors (Lipinski definition) is 4. The highest BCUT2D eigenvalue weighted by atomic mass is 127. The van der Waals surface area contributed by atoms with Gasteiger partial charge in [-0.2, -0.15) is 0 Å². The highest BCUT2D eigenvalue weighted by Gasteiger charge is 2.52. The molecule has 0 bridgehead atoms. The molecule has 29 heavy (non-hydrogen) atoms. The topological polar surface area (TPSA) is 113 Å². The van der Waals surface area contributed by atoms with Crippen LogP contribution in [0.2, 0.25) is 0 Å². The molecule has 4 N–H and O–H groups in total. The fourth-order valence-corrected chi connectivity index (χ4v) is 3.75. The van der Waals surface area contributed by atoms with E-state index in [1.54, 1.807) is 24.4 Å². The zero-order valence-corrected chi connectivity index (χ0v) is 18.1. The predicted molar refractivity (Wildman–Crippen MR) is 122 cm³/mol. The van der Waals surface area contributed by atoms with Gasteiger partial charge >= 0.3 is 6.03 Å². The fraction of sp³-hybridized carbons (Fsp3) is 0.300. The lowest BCUT2D eigenvalue weighted by Crippen LogP contribution is -2.44. The summed E-state index contributed by atoms with van der Waals surface area (Å²) < 4.78 is 0. The van der Waals surface area contributed by atoms with E-state index in [1.165, 1.54) is 4.90 Å². The van der Waals surface area contributed by atoms with Crippen molar-refractivity contribution in [3.05, 3.63) is 54.2 Å². The summed E-state index contributed by atoms with van der Waals surface area (Å²) in [6, 6.07) is 12.3. The Morgan fingerprint density at radius 3 is 2.72 bits per heavy atom. The van der Waals surface area contributed by atoms with E-state index in [-0.39, 0.29) is 41.9 Å². The third-order valence-electron chi connectivity index (χ3n) is 5.14. The minimum atomic E-state index is -0.720. The van der Waals surface area contributed by atoms with Crippen LogP contribution in [0.4, 0.5) is 16.3 Å². The molecular weight excluding hydrogens is 483 g/mol. The second kappa shape index (κ2) is 8.76. The first-order chi connectivity index (χ1) is 13.6. The summed E-state index contributed by atoms with van der Waals surface area (Å²) >= 11 is 0. The lowest BCUT2D eigenvalue weighted by molar-refractivity contribution is -0.121. The SMILES string of the molecule is I.NC(=NCc1cccc(N2C(=O)NC3(CCCC3)C2=O)c1)Nc1ccccn1. The Morgan fingerprint density at radius 2 is 2.00 bits per heavy atom. The van der Waals surface area contributed by atoms with Crippen molar-refractivity contribution in [2.24, 2.45) is 10.7 Å². The van der Waals surface area contributed by atoms with Gasteiger partial charge in [-0.05, 0) is 42.7 Å². The zero-order valence-electron chi connectivity index (χ0n) is 15.8. The highest BCUT2D eigenvalue weighted by molar-refractivity contribution is 14.0. The number of nitrogens with two attached hydrogens (primary N) is 1. The molecule has 1 aromatic carbocycles. The van der Waals surface area contributed by atoms with Crippen molar-refractivity contribution in [2.45, 2.75) is 37.8 Å². The number of carbonyl (C=O) groups excluding carboxylic acids is 2. The van der Waals surface area contributed by atoms with Crippen LogP contribution < -0.4 is 21.3 Å². The van der Waals surface area contributed by atoms with Gasteiger partial charge in [0.15, 0.2) is 5.96 Å². The van der Waals surface area contributed by atoms with Gasteiger partial charge < -0.3 is 16.4 Å². The number of hydrogen-bond donors (Lipinski definition) is 3. The second-order valence-corrected chi connectivity index (χ2v) is 7.07. The minimum absolute atomic E-state index is 0. The number of imide groups is 1. The number of benzene rings is 1. The predicted octanol–water partition coefficient (Wildman–Crippen LogP) is 3.00. The van der Waals surface area contributed by atoms with Crippen molar-refractivity contribution in [3.8, 4) is 0 Å². The highest BCUT2D eigenvalue weighted by Crippen LogP contribution is 2.37. The van der Waals surface area contributed by atoms with Crippen molar-refractivity contribution in [1.82, 2.24) is 10.3 Å². The van der Waals surface area contributed by atoms with E-state index in [9.17, 15) is 9.59 Å². The second-order valence-electron chi connectivity index (χ2n) is 7.07. The lowest BCUT2D eigenvalue weighted by Gasteiger charge is -2.20. The Bertz CT molecular complexity index is 928. The number of guanidine groups is 1. The maximum absolute atomic E-state index is 12.9. The summed E-state index contributed by atoms with van der Waals surface area (Å²) in [6.45, 7) is 0.314. The third kappa shape index (κ3) is 4.34. The van der Waals surface area contributed by atoms with Gasteiger partial charge in [-0.25, -0.2) is 19.7 Å². The Kier molecular flexibility index (Phi) is 6.36. The van der Waals surface area contributed by atoms with Crippen molar-refractivity contribution >= 4 is 53.4 Å². The Balaban J connectivity index is 0.00000240. The van der Waals surface area contributed by atoms with Crippen molar-refractivity contribution < 1.29 is 9.59 Å². The zero-order chi connectivity index (χ0) is 19.6. The molecule has 1 aliphatic heterocycles. The molecule has 152 valence electrons. The number of anilines is 2. The molecule has 3 amide bonds. The van der Waals surface area contributed by atoms with Crippen molar-refractivity contribution in [1.29, 1.82) is 0 Å². The molecule has 2 heterocycles. The summed E-state index contributed by atoms with van der Waals surface area (Å²) in [7, 11) is 0. The number of aromatic nitrogens is 1. The van der Waals surface area contributed by atoms with Gasteiger partial charge in [0.05, 0.1) is 12.2 Å². The minimum Gasteiger partial charge on any atom is -0.370 e. The number of nitrogens with zero attached hydrogens (tertiary/aromatic N) is 3. The number of aliphatic imine (C=N–C) groups is 1. The summed E-state index contributed by atoms with van der Waals surface area (Å²) in [5.74, 6) is 0.690. The third-order valence-corrected chi connectivity index (χ3v) is 5.14. The van der Waals surface area contributed by atoms with Gasteiger partial charge in [-0.1, -0.05) is 31.0 Å². The van der Waals surface area contributed by atoms with Crippen molar-refractivity contribution in [3.63, 3.8) is 0 Å². The summed E-state index contributed by atoms with van der Waals surface area (Å²) in [5, 5.41) is 5.81. The standard InChI is InChI=1S/C20H22N6O2.HI/c21-18(24-16-8-1-4-11-22-16)23-13-14-6-5-7-15(12-14)26-17(27)20(25-19(26)28)9-2-3-10-20;/h1,4-8,11-12H,2-3,9-10,13H2,(H,25,28)(H3,21,22,23,24);1H. The van der Waals surface area contributed by atoms with E-state index in [0.717, 1.165) is 18.4 Å². The van der Waals surface area contributed by atoms with Crippen LogP contribution in [0.1, 0.15) is 31.2 Å². The molecule has 2 fully saturated rings. The van der Waals surface area contributed by atoms with Gasteiger partial charge in [-0.3, -0.25) is 4.79 Å². The first-order valence-corrected chi connectivity index (χ1v) is 9.31. The van der Waals surface area contributed by atoms with E-state index >= 15 is 0 Å². The van der Waals surface area contributed by atoms with Gasteiger partial charge in [0, 0.05) is 6.20 Å². The molecule has 0 unspecified atom stereocenters. The van der Waals surface area contributed by atoms with Gasteiger partial charge in [0.25, 0.3) is 5.91 Å². The lowest BCUT2D eigenvalue weighted by atomic mass is 9.98. The fourth-order valence-electron chi connectivity index (χ4n) is 3.75. The van der Waals surface area contributed by atoms with E-state index in [2.05, 4.69) is 20.6 Å². The van der Waals surface area contributed by atoms with Gasteiger partial charge in [0.1, 0.15) is 11.4 Å². The van der Waals surface area contributed by atoms with Crippen molar-refractivity contribution in [2.75, 3.05) is 10.2 Å². The number of nitrogens with one attached hydrogen (secondary N) is 2. The molecular formula is C20H23IN6O2. The van der Waals surface area contributed by atoms with Gasteiger partial charge in [0.2, 0.25) is 0 Å². The molecule has 2 aliphatic rings. The molecule has 2 aromatic rings. The smallest absolute Gasteiger partial charge is 0.329 e. The Labute approximate surface area is 186 Å². The van der Waals surface area contributed by atoms with Gasteiger partial charge in [-0.15, -0.1) is 24.0 Å². The van der Waals surface area contributed by atoms with E-state index in [0.29, 0.717) is 30.9 Å². The average molecular weight is 506 g/mol. The number of rotatable bonds is 4. The van der Waals surface area contributed by atoms with Crippen LogP contribution in [0.15, 0.2) is 53.7 Å². The molecule has 4 rings (SSSR count). The molecule has 1 aromatic heterocycles. The number of amides is 3. The quantitative estimate of drug-likeness (QED) is 0.256. The molecule has 1 aliphatic carbocycles. The first-order valence-electron chi connectivity index (χ1n) is 9.31. The van der Waals surface area contributed by atoms with Crippen LogP contribution in [0.5, 0.6) is 0 Å². The maximum atomic E-state index is 12.9. The summed E-state index contributed by atoms with van der Waals surface area (Å²) in [4.78, 5) is 35.0. The molecule has 0 radical (unpaired) electrons. The van der Waals surface area contributed by atoms with Crippen LogP contribution in [0.25, 0.3) is 0 Å². The molecule has 1 saturated heterocycles. The number of carbonyl (C=O) groups is 2. The maximum Gasteiger partial charge on any atom is 0.329 e. The molecule has 1 saturated carbocycles. The van der Waals surface area contributed by atoms with Crippen LogP contribution >= 0.6 is 24.0 Å². The Hall–Kier alpha value is -2.69. The first kappa shape index (κ1) is 21.0. The number of pyridine rings is 1. The van der Waals surface area contributed by atoms with Crippen LogP contribution in [-0.4, -0.2) is 28.4 Å². The number of urea groups is 1. The van der Waals surface area contributed by atoms with Crippen LogP contribution in [0, 0.1) is 0 Å². The summed E-state index contributed by atoms with van der Waals surface area (Å²) in [5.41, 5.74) is 6.58. The largest absolute Gasteiger partial charge is 0.370 e. The molecule has 9 heteroatoms. The van der Waals surface area contributed by atoms with E-state index < -0.39 is 5.54 Å². The molecule has 0 atom stereocenters. The average Bonchev–Trinajstić information content (AvgIpc) is 3.26. The normalized spacial score (nSPS) is 17.9. The summed E-state index contributed by atoms with van der Waals surface area (Å²) in [6.07, 6.45) is 4.98. The van der Waals surface area contributed by atoms with E-state index in [4.69, 9.17) is 5.73 Å². The van der Waals surface area contributed by atoms with Crippen LogP contribution in [-0.2, 0) is 11.3 Å². The monoisotopic (exact) mass is 506 g/mol. The van der Waals surface area contributed by atoms with E-state index in [1.807, 2.05) is 24.3 Å². The molecule has 1 spiro atoms.